The molecule has 1 saturated carbocycles. The van der Waals surface area contributed by atoms with Crippen molar-refractivity contribution in [2.45, 2.75) is 84.8 Å². The molecule has 25 heavy (non-hydrogen) atoms. The van der Waals surface area contributed by atoms with Crippen LogP contribution in [0.2, 0.25) is 0 Å². The second-order valence-electron chi connectivity index (χ2n) is 8.33. The van der Waals surface area contributed by atoms with Gasteiger partial charge >= 0.3 is 5.97 Å². The summed E-state index contributed by atoms with van der Waals surface area (Å²) in [4.78, 5) is 11.6. The van der Waals surface area contributed by atoms with Crippen LogP contribution in [-0.4, -0.2) is 23.3 Å². The van der Waals surface area contributed by atoms with Gasteiger partial charge in [0.2, 0.25) is 0 Å². The Hall–Kier alpha value is -1.35. The monoisotopic (exact) mass is 346 g/mol. The van der Waals surface area contributed by atoms with Crippen molar-refractivity contribution in [2.24, 2.45) is 11.3 Å². The fourth-order valence-electron chi connectivity index (χ4n) is 4.33. The molecule has 1 N–H and O–H groups in total. The molecule has 3 heteroatoms. The predicted molar refractivity (Wildman–Crippen MR) is 102 cm³/mol. The Morgan fingerprint density at radius 2 is 1.88 bits per heavy atom. The van der Waals surface area contributed by atoms with Crippen molar-refractivity contribution in [3.63, 3.8) is 0 Å². The Kier molecular flexibility index (Phi) is 6.67. The summed E-state index contributed by atoms with van der Waals surface area (Å²) in [6.45, 7) is 12.2. The summed E-state index contributed by atoms with van der Waals surface area (Å²) in [5, 5.41) is 11.1. The van der Waals surface area contributed by atoms with Gasteiger partial charge in [0, 0.05) is 18.3 Å². The van der Waals surface area contributed by atoms with Crippen LogP contribution >= 0.6 is 0 Å². The van der Waals surface area contributed by atoms with E-state index in [1.54, 1.807) is 0 Å². The molecule has 0 radical (unpaired) electrons. The minimum Gasteiger partial charge on any atom is -0.459 e. The van der Waals surface area contributed by atoms with Crippen molar-refractivity contribution in [1.29, 1.82) is 0 Å². The van der Waals surface area contributed by atoms with E-state index in [-0.39, 0.29) is 17.3 Å². The lowest BCUT2D eigenvalue weighted by Gasteiger charge is -2.47. The van der Waals surface area contributed by atoms with Crippen LogP contribution < -0.4 is 0 Å². The molecule has 0 aromatic heterocycles. The number of fused-ring (bicyclic) bond motifs is 9. The molecule has 3 nitrogen and oxygen atoms in total. The number of carbonyl (C=O) groups is 1. The number of rotatable bonds is 1. The topological polar surface area (TPSA) is 46.5 Å². The van der Waals surface area contributed by atoms with Crippen molar-refractivity contribution in [2.75, 3.05) is 0 Å². The van der Waals surface area contributed by atoms with E-state index in [0.717, 1.165) is 50.5 Å². The summed E-state index contributed by atoms with van der Waals surface area (Å²) >= 11 is 0. The minimum absolute atomic E-state index is 0.0375. The fraction of sp³-hybridized carbons (Fsp3) is 0.682. The molecule has 0 aromatic carbocycles. The standard InChI is InChI=1S/C22H34O3/c1-15-8-6-9-16(2)11-12-19-17(3)14-22(5,13-7-10-15)21(24)20(19)25-18(4)23/h9-10,19-21,24H,3,6-8,11-14H2,1-2,4-5H3/b15-10-,16-9-/t19-,20+,21-,22-/m1/s1. The molecule has 2 bridgehead atoms. The molecule has 0 heterocycles. The maximum Gasteiger partial charge on any atom is 0.303 e. The predicted octanol–water partition coefficient (Wildman–Crippen LogP) is 5.11. The zero-order valence-corrected chi connectivity index (χ0v) is 16.3. The van der Waals surface area contributed by atoms with E-state index in [1.807, 2.05) is 0 Å². The number of aliphatic hydroxyl groups is 1. The Labute approximate surface area is 152 Å². The molecule has 0 aliphatic heterocycles. The molecular formula is C22H34O3. The Balaban J connectivity index is 2.34. The maximum absolute atomic E-state index is 11.6. The Bertz CT molecular complexity index is 572. The van der Waals surface area contributed by atoms with E-state index in [1.165, 1.54) is 18.1 Å². The number of hydrogen-bond acceptors (Lipinski definition) is 3. The van der Waals surface area contributed by atoms with Gasteiger partial charge in [0.1, 0.15) is 6.10 Å². The molecule has 0 saturated heterocycles. The van der Waals surface area contributed by atoms with E-state index in [0.29, 0.717) is 0 Å². The molecule has 0 amide bonds. The number of hydrogen-bond donors (Lipinski definition) is 1. The van der Waals surface area contributed by atoms with Gasteiger partial charge in [-0.3, -0.25) is 4.79 Å². The summed E-state index contributed by atoms with van der Waals surface area (Å²) in [6.07, 6.45) is 10.1. The zero-order chi connectivity index (χ0) is 18.6. The zero-order valence-electron chi connectivity index (χ0n) is 16.3. The maximum atomic E-state index is 11.6. The van der Waals surface area contributed by atoms with Crippen molar-refractivity contribution in [3.05, 3.63) is 35.5 Å². The first-order chi connectivity index (χ1) is 11.7. The highest BCUT2D eigenvalue weighted by Gasteiger charge is 2.48. The molecule has 4 atom stereocenters. The van der Waals surface area contributed by atoms with Crippen LogP contribution in [-0.2, 0) is 9.53 Å². The van der Waals surface area contributed by atoms with Crippen molar-refractivity contribution >= 4 is 5.97 Å². The largest absolute Gasteiger partial charge is 0.459 e. The first-order valence-corrected chi connectivity index (χ1v) is 9.57. The summed E-state index contributed by atoms with van der Waals surface area (Å²) in [5.41, 5.74) is 3.59. The number of carbonyl (C=O) groups excluding carboxylic acids is 1. The smallest absolute Gasteiger partial charge is 0.303 e. The molecule has 1 fully saturated rings. The van der Waals surface area contributed by atoms with Gasteiger partial charge in [-0.2, -0.15) is 0 Å². The van der Waals surface area contributed by atoms with Gasteiger partial charge in [0.05, 0.1) is 6.10 Å². The molecule has 0 unspecified atom stereocenters. The third kappa shape index (κ3) is 5.07. The van der Waals surface area contributed by atoms with Gasteiger partial charge in [-0.05, 0) is 58.8 Å². The molecular weight excluding hydrogens is 312 g/mol. The SMILES string of the molecule is C=C1C[C@@]2(C)CC/C=C(/C)CC/C=C(/C)CC[C@H]1[C@H](OC(C)=O)[C@H]2O. The van der Waals surface area contributed by atoms with E-state index >= 15 is 0 Å². The fourth-order valence-corrected chi connectivity index (χ4v) is 4.33. The van der Waals surface area contributed by atoms with Crippen molar-refractivity contribution < 1.29 is 14.6 Å². The highest BCUT2D eigenvalue weighted by atomic mass is 16.6. The summed E-state index contributed by atoms with van der Waals surface area (Å²) in [6, 6.07) is 0. The quantitative estimate of drug-likeness (QED) is 0.530. The molecule has 3 aliphatic rings. The van der Waals surface area contributed by atoms with Gasteiger partial charge in [-0.15, -0.1) is 0 Å². The third-order valence-corrected chi connectivity index (χ3v) is 5.97. The van der Waals surface area contributed by atoms with Crippen LogP contribution in [0.5, 0.6) is 0 Å². The Morgan fingerprint density at radius 1 is 1.24 bits per heavy atom. The molecule has 3 rings (SSSR count). The van der Waals surface area contributed by atoms with Crippen LogP contribution in [0.25, 0.3) is 0 Å². The van der Waals surface area contributed by atoms with Crippen LogP contribution in [0, 0.1) is 11.3 Å². The van der Waals surface area contributed by atoms with Crippen LogP contribution in [0.3, 0.4) is 0 Å². The summed E-state index contributed by atoms with van der Waals surface area (Å²) in [5.74, 6) is -0.286. The molecule has 3 aliphatic carbocycles. The summed E-state index contributed by atoms with van der Waals surface area (Å²) in [7, 11) is 0. The molecule has 140 valence electrons. The number of esters is 1. The van der Waals surface area contributed by atoms with E-state index < -0.39 is 12.2 Å². The van der Waals surface area contributed by atoms with Gasteiger partial charge in [-0.1, -0.05) is 42.4 Å². The average Bonchev–Trinajstić information content (AvgIpc) is 2.51. The highest BCUT2D eigenvalue weighted by Crippen LogP contribution is 2.47. The van der Waals surface area contributed by atoms with Crippen molar-refractivity contribution in [3.8, 4) is 0 Å². The van der Waals surface area contributed by atoms with Gasteiger partial charge in [0.25, 0.3) is 0 Å². The average molecular weight is 347 g/mol. The summed E-state index contributed by atoms with van der Waals surface area (Å²) < 4.78 is 5.60. The number of aliphatic hydroxyl groups excluding tert-OH is 1. The minimum atomic E-state index is -0.646. The first kappa shape index (κ1) is 20.0. The van der Waals surface area contributed by atoms with Crippen LogP contribution in [0.1, 0.15) is 72.6 Å². The lowest BCUT2D eigenvalue weighted by Crippen LogP contribution is -2.52. The molecule has 0 aromatic rings. The number of ether oxygens (including phenoxy) is 1. The lowest BCUT2D eigenvalue weighted by atomic mass is 9.63. The van der Waals surface area contributed by atoms with Gasteiger partial charge < -0.3 is 9.84 Å². The van der Waals surface area contributed by atoms with Gasteiger partial charge in [-0.25, -0.2) is 0 Å². The third-order valence-electron chi connectivity index (χ3n) is 5.97. The van der Waals surface area contributed by atoms with E-state index in [2.05, 4.69) is 39.5 Å². The van der Waals surface area contributed by atoms with Crippen molar-refractivity contribution in [1.82, 2.24) is 0 Å². The lowest BCUT2D eigenvalue weighted by molar-refractivity contribution is -0.168. The first-order valence-electron chi connectivity index (χ1n) is 9.57. The second kappa shape index (κ2) is 8.35. The Morgan fingerprint density at radius 3 is 2.56 bits per heavy atom. The highest BCUT2D eigenvalue weighted by molar-refractivity contribution is 5.66. The van der Waals surface area contributed by atoms with Crippen LogP contribution in [0.15, 0.2) is 35.5 Å². The molecule has 0 spiro atoms. The van der Waals surface area contributed by atoms with Crippen LogP contribution in [0.4, 0.5) is 0 Å². The normalized spacial score (nSPS) is 38.9. The van der Waals surface area contributed by atoms with Gasteiger partial charge in [0.15, 0.2) is 0 Å². The number of allylic oxidation sites excluding steroid dienone is 4. The second-order valence-corrected chi connectivity index (χ2v) is 8.33. The van der Waals surface area contributed by atoms with E-state index in [4.69, 9.17) is 4.74 Å². The van der Waals surface area contributed by atoms with E-state index in [9.17, 15) is 9.90 Å².